The van der Waals surface area contributed by atoms with Crippen LogP contribution in [0.4, 0.5) is 5.82 Å². The fourth-order valence-electron chi connectivity index (χ4n) is 1.49. The minimum atomic E-state index is -0.0285. The third-order valence-corrected chi connectivity index (χ3v) is 2.42. The molecule has 0 spiro atoms. The largest absolute Gasteiger partial charge is 0.311 e. The topological polar surface area (TPSA) is 59.8 Å². The summed E-state index contributed by atoms with van der Waals surface area (Å²) in [5.41, 5.74) is 0.924. The van der Waals surface area contributed by atoms with Gasteiger partial charge in [0.15, 0.2) is 0 Å². The molecule has 0 aliphatic heterocycles. The molecule has 0 aromatic carbocycles. The number of pyridine rings is 1. The zero-order valence-electron chi connectivity index (χ0n) is 9.63. The Morgan fingerprint density at radius 2 is 2.24 bits per heavy atom. The third-order valence-electron chi connectivity index (χ3n) is 2.42. The van der Waals surface area contributed by atoms with Gasteiger partial charge in [-0.25, -0.2) is 0 Å². The molecule has 2 rings (SSSR count). The van der Waals surface area contributed by atoms with Gasteiger partial charge >= 0.3 is 0 Å². The van der Waals surface area contributed by atoms with Gasteiger partial charge in [0.1, 0.15) is 5.82 Å². The molecule has 5 nitrogen and oxygen atoms in total. The predicted octanol–water partition coefficient (Wildman–Crippen LogP) is 1.39. The molecule has 0 aliphatic carbocycles. The van der Waals surface area contributed by atoms with E-state index < -0.39 is 0 Å². The molecular weight excluding hydrogens is 216 g/mol. The lowest BCUT2D eigenvalue weighted by molar-refractivity contribution is -0.116. The van der Waals surface area contributed by atoms with Crippen LogP contribution in [-0.4, -0.2) is 20.7 Å². The van der Waals surface area contributed by atoms with E-state index in [-0.39, 0.29) is 5.91 Å². The molecule has 2 aromatic heterocycles. The Bertz CT molecular complexity index is 492. The average Bonchev–Trinajstić information content (AvgIpc) is 2.74. The van der Waals surface area contributed by atoms with Gasteiger partial charge in [-0.15, -0.1) is 0 Å². The Morgan fingerprint density at radius 3 is 2.88 bits per heavy atom. The number of hydrogen-bond donors (Lipinski definition) is 1. The van der Waals surface area contributed by atoms with Crippen molar-refractivity contribution in [3.63, 3.8) is 0 Å². The van der Waals surface area contributed by atoms with E-state index in [1.54, 1.807) is 30.2 Å². The summed E-state index contributed by atoms with van der Waals surface area (Å²) in [7, 11) is 1.79. The van der Waals surface area contributed by atoms with E-state index in [0.29, 0.717) is 18.7 Å². The summed E-state index contributed by atoms with van der Waals surface area (Å²) in [5, 5.41) is 6.77. The number of aryl methyl sites for hydroxylation is 2. The van der Waals surface area contributed by atoms with Crippen LogP contribution >= 0.6 is 0 Å². The van der Waals surface area contributed by atoms with E-state index in [2.05, 4.69) is 15.4 Å². The number of amides is 1. The first-order chi connectivity index (χ1) is 8.25. The Morgan fingerprint density at radius 1 is 1.35 bits per heavy atom. The monoisotopic (exact) mass is 230 g/mol. The maximum atomic E-state index is 11.7. The third kappa shape index (κ3) is 3.14. The van der Waals surface area contributed by atoms with Crippen LogP contribution in [0.1, 0.15) is 12.1 Å². The summed E-state index contributed by atoms with van der Waals surface area (Å²) in [6.07, 6.45) is 4.44. The van der Waals surface area contributed by atoms with Gasteiger partial charge in [0.2, 0.25) is 5.91 Å². The van der Waals surface area contributed by atoms with Crippen molar-refractivity contribution < 1.29 is 4.79 Å². The molecular formula is C12H14N4O. The molecule has 1 amide bonds. The average molecular weight is 230 g/mol. The number of nitrogens with zero attached hydrogens (tertiary/aromatic N) is 3. The number of carbonyl (C=O) groups is 1. The molecule has 2 heterocycles. The second-order valence-electron chi connectivity index (χ2n) is 3.71. The summed E-state index contributed by atoms with van der Waals surface area (Å²) < 4.78 is 1.62. The van der Waals surface area contributed by atoms with Gasteiger partial charge in [0.25, 0.3) is 0 Å². The second-order valence-corrected chi connectivity index (χ2v) is 3.71. The first-order valence-corrected chi connectivity index (χ1v) is 5.43. The molecule has 0 saturated carbocycles. The van der Waals surface area contributed by atoms with Crippen molar-refractivity contribution in [3.05, 3.63) is 42.4 Å². The standard InChI is InChI=1S/C12H14N4O/c1-16-11(7-9-14-16)15-12(17)6-5-10-4-2-3-8-13-10/h2-4,7-9H,5-6H2,1H3,(H,15,17). The number of anilines is 1. The summed E-state index contributed by atoms with van der Waals surface area (Å²) in [4.78, 5) is 15.8. The van der Waals surface area contributed by atoms with Gasteiger partial charge in [-0.1, -0.05) is 6.07 Å². The smallest absolute Gasteiger partial charge is 0.225 e. The first kappa shape index (κ1) is 11.3. The molecule has 0 saturated heterocycles. The lowest BCUT2D eigenvalue weighted by Gasteiger charge is -2.04. The number of aromatic nitrogens is 3. The number of nitrogens with one attached hydrogen (secondary N) is 1. The van der Waals surface area contributed by atoms with E-state index in [4.69, 9.17) is 0 Å². The van der Waals surface area contributed by atoms with Gasteiger partial charge in [-0.05, 0) is 18.6 Å². The summed E-state index contributed by atoms with van der Waals surface area (Å²) >= 11 is 0. The van der Waals surface area contributed by atoms with Crippen molar-refractivity contribution in [3.8, 4) is 0 Å². The maximum absolute atomic E-state index is 11.7. The highest BCUT2D eigenvalue weighted by atomic mass is 16.1. The molecule has 0 atom stereocenters. The van der Waals surface area contributed by atoms with E-state index in [1.165, 1.54) is 0 Å². The van der Waals surface area contributed by atoms with Crippen LogP contribution in [0.15, 0.2) is 36.7 Å². The van der Waals surface area contributed by atoms with Gasteiger partial charge in [-0.2, -0.15) is 5.10 Å². The second kappa shape index (κ2) is 5.25. The van der Waals surface area contributed by atoms with Gasteiger partial charge in [0, 0.05) is 31.4 Å². The molecule has 0 aliphatic rings. The molecule has 88 valence electrons. The van der Waals surface area contributed by atoms with Crippen LogP contribution in [0.2, 0.25) is 0 Å². The lowest BCUT2D eigenvalue weighted by atomic mass is 10.2. The van der Waals surface area contributed by atoms with Crippen LogP contribution in [0.3, 0.4) is 0 Å². The van der Waals surface area contributed by atoms with Gasteiger partial charge < -0.3 is 5.32 Å². The maximum Gasteiger partial charge on any atom is 0.225 e. The van der Waals surface area contributed by atoms with Crippen LogP contribution in [0.5, 0.6) is 0 Å². The Kier molecular flexibility index (Phi) is 3.49. The minimum absolute atomic E-state index is 0.0285. The van der Waals surface area contributed by atoms with Crippen LogP contribution in [0.25, 0.3) is 0 Å². The van der Waals surface area contributed by atoms with E-state index in [1.807, 2.05) is 18.2 Å². The normalized spacial score (nSPS) is 10.2. The van der Waals surface area contributed by atoms with Crippen molar-refractivity contribution in [2.75, 3.05) is 5.32 Å². The summed E-state index contributed by atoms with van der Waals surface area (Å²) in [6, 6.07) is 7.45. The summed E-state index contributed by atoms with van der Waals surface area (Å²) in [6.45, 7) is 0. The van der Waals surface area contributed by atoms with Crippen LogP contribution in [0, 0.1) is 0 Å². The Hall–Kier alpha value is -2.17. The molecule has 17 heavy (non-hydrogen) atoms. The van der Waals surface area contributed by atoms with Crippen molar-refractivity contribution in [1.82, 2.24) is 14.8 Å². The fourth-order valence-corrected chi connectivity index (χ4v) is 1.49. The molecule has 2 aromatic rings. The lowest BCUT2D eigenvalue weighted by Crippen LogP contribution is -2.15. The Labute approximate surface area is 99.5 Å². The van der Waals surface area contributed by atoms with Crippen LogP contribution < -0.4 is 5.32 Å². The van der Waals surface area contributed by atoms with Crippen molar-refractivity contribution in [1.29, 1.82) is 0 Å². The highest BCUT2D eigenvalue weighted by molar-refractivity contribution is 5.89. The Balaban J connectivity index is 1.85. The first-order valence-electron chi connectivity index (χ1n) is 5.43. The van der Waals surface area contributed by atoms with Crippen molar-refractivity contribution in [2.24, 2.45) is 7.05 Å². The van der Waals surface area contributed by atoms with Gasteiger partial charge in [-0.3, -0.25) is 14.5 Å². The van der Waals surface area contributed by atoms with E-state index >= 15 is 0 Å². The number of carbonyl (C=O) groups excluding carboxylic acids is 1. The quantitative estimate of drug-likeness (QED) is 0.863. The number of rotatable bonds is 4. The minimum Gasteiger partial charge on any atom is -0.311 e. The molecule has 0 radical (unpaired) electrons. The van der Waals surface area contributed by atoms with E-state index in [0.717, 1.165) is 5.69 Å². The molecule has 0 unspecified atom stereocenters. The molecule has 1 N–H and O–H groups in total. The number of hydrogen-bond acceptors (Lipinski definition) is 3. The van der Waals surface area contributed by atoms with Crippen LogP contribution in [-0.2, 0) is 18.3 Å². The molecule has 0 fully saturated rings. The van der Waals surface area contributed by atoms with Crippen molar-refractivity contribution >= 4 is 11.7 Å². The molecule has 5 heteroatoms. The highest BCUT2D eigenvalue weighted by Gasteiger charge is 2.05. The van der Waals surface area contributed by atoms with Gasteiger partial charge in [0.05, 0.1) is 6.20 Å². The predicted molar refractivity (Wildman–Crippen MR) is 64.4 cm³/mol. The van der Waals surface area contributed by atoms with E-state index in [9.17, 15) is 4.79 Å². The fraction of sp³-hybridized carbons (Fsp3) is 0.250. The zero-order chi connectivity index (χ0) is 12.1. The SMILES string of the molecule is Cn1nccc1NC(=O)CCc1ccccn1. The van der Waals surface area contributed by atoms with Crippen molar-refractivity contribution in [2.45, 2.75) is 12.8 Å². The summed E-state index contributed by atoms with van der Waals surface area (Å²) in [5.74, 6) is 0.676. The zero-order valence-corrected chi connectivity index (χ0v) is 9.63. The highest BCUT2D eigenvalue weighted by Crippen LogP contribution is 2.05. The molecule has 0 bridgehead atoms.